The van der Waals surface area contributed by atoms with Crippen molar-refractivity contribution in [2.45, 2.75) is 43.7 Å². The van der Waals surface area contributed by atoms with Crippen LogP contribution in [0.4, 0.5) is 0 Å². The van der Waals surface area contributed by atoms with Crippen LogP contribution in [0.25, 0.3) is 0 Å². The molecular weight excluding hydrogens is 366 g/mol. The highest BCUT2D eigenvalue weighted by molar-refractivity contribution is 7.90. The van der Waals surface area contributed by atoms with E-state index in [1.165, 1.54) is 6.26 Å². The SMILES string of the molecule is CS(=O)(=O)c1ncc(CN(CCO)Cc2ccccc2)n1C[C@H]1CCCO1. The lowest BCUT2D eigenvalue weighted by Gasteiger charge is -2.23. The fourth-order valence-electron chi connectivity index (χ4n) is 3.43. The molecule has 0 amide bonds. The molecule has 1 N–H and O–H groups in total. The Bertz CT molecular complexity index is 830. The van der Waals surface area contributed by atoms with Gasteiger partial charge in [-0.25, -0.2) is 13.4 Å². The van der Waals surface area contributed by atoms with Crippen molar-refractivity contribution >= 4 is 9.84 Å². The van der Waals surface area contributed by atoms with Crippen molar-refractivity contribution in [3.63, 3.8) is 0 Å². The predicted molar refractivity (Wildman–Crippen MR) is 102 cm³/mol. The van der Waals surface area contributed by atoms with Crippen LogP contribution < -0.4 is 0 Å². The molecule has 27 heavy (non-hydrogen) atoms. The summed E-state index contributed by atoms with van der Waals surface area (Å²) >= 11 is 0. The average Bonchev–Trinajstić information content (AvgIpc) is 3.27. The van der Waals surface area contributed by atoms with Crippen LogP contribution in [0.3, 0.4) is 0 Å². The summed E-state index contributed by atoms with van der Waals surface area (Å²) in [6, 6.07) is 10.0. The third-order valence-electron chi connectivity index (χ3n) is 4.69. The van der Waals surface area contributed by atoms with Crippen LogP contribution in [0, 0.1) is 0 Å². The van der Waals surface area contributed by atoms with Crippen molar-refractivity contribution in [1.29, 1.82) is 0 Å². The summed E-state index contributed by atoms with van der Waals surface area (Å²) < 4.78 is 31.8. The number of imidazole rings is 1. The van der Waals surface area contributed by atoms with E-state index >= 15 is 0 Å². The topological polar surface area (TPSA) is 84.7 Å². The number of hydrogen-bond donors (Lipinski definition) is 1. The lowest BCUT2D eigenvalue weighted by atomic mass is 10.2. The van der Waals surface area contributed by atoms with E-state index in [0.29, 0.717) is 32.8 Å². The van der Waals surface area contributed by atoms with Gasteiger partial charge in [-0.15, -0.1) is 0 Å². The number of aliphatic hydroxyl groups is 1. The molecule has 1 saturated heterocycles. The first-order valence-electron chi connectivity index (χ1n) is 9.20. The number of aliphatic hydroxyl groups excluding tert-OH is 1. The van der Waals surface area contributed by atoms with Crippen molar-refractivity contribution < 1.29 is 18.3 Å². The summed E-state index contributed by atoms with van der Waals surface area (Å²) in [5.74, 6) is 0. The van der Waals surface area contributed by atoms with Crippen LogP contribution in [0.2, 0.25) is 0 Å². The molecule has 1 atom stereocenters. The van der Waals surface area contributed by atoms with Crippen LogP contribution in [0.1, 0.15) is 24.1 Å². The lowest BCUT2D eigenvalue weighted by molar-refractivity contribution is 0.0928. The van der Waals surface area contributed by atoms with E-state index in [4.69, 9.17) is 4.74 Å². The first-order valence-corrected chi connectivity index (χ1v) is 11.1. The molecule has 2 heterocycles. The molecule has 0 unspecified atom stereocenters. The number of benzene rings is 1. The quantitative estimate of drug-likeness (QED) is 0.694. The molecular formula is C19H27N3O4S. The molecule has 0 radical (unpaired) electrons. The minimum Gasteiger partial charge on any atom is -0.395 e. The molecule has 1 fully saturated rings. The molecule has 0 aliphatic carbocycles. The average molecular weight is 394 g/mol. The van der Waals surface area contributed by atoms with E-state index in [9.17, 15) is 13.5 Å². The fraction of sp³-hybridized carbons (Fsp3) is 0.526. The molecule has 148 valence electrons. The molecule has 1 aromatic heterocycles. The highest BCUT2D eigenvalue weighted by Crippen LogP contribution is 2.20. The Hall–Kier alpha value is -1.74. The van der Waals surface area contributed by atoms with E-state index in [-0.39, 0.29) is 17.9 Å². The van der Waals surface area contributed by atoms with Gasteiger partial charge in [0.25, 0.3) is 0 Å². The van der Waals surface area contributed by atoms with Gasteiger partial charge in [-0.1, -0.05) is 30.3 Å². The maximum absolute atomic E-state index is 12.2. The maximum atomic E-state index is 12.2. The zero-order chi connectivity index (χ0) is 19.3. The monoisotopic (exact) mass is 393 g/mol. The van der Waals surface area contributed by atoms with Crippen LogP contribution in [-0.2, 0) is 34.2 Å². The maximum Gasteiger partial charge on any atom is 0.227 e. The summed E-state index contributed by atoms with van der Waals surface area (Å²) in [6.07, 6.45) is 4.74. The first kappa shape index (κ1) is 20.0. The van der Waals surface area contributed by atoms with Crippen molar-refractivity contribution in [2.75, 3.05) is 26.0 Å². The molecule has 8 heteroatoms. The number of aromatic nitrogens is 2. The van der Waals surface area contributed by atoms with Gasteiger partial charge in [0.15, 0.2) is 0 Å². The summed E-state index contributed by atoms with van der Waals surface area (Å²) in [6.45, 7) is 2.90. The zero-order valence-corrected chi connectivity index (χ0v) is 16.4. The minimum atomic E-state index is -3.43. The zero-order valence-electron chi connectivity index (χ0n) is 15.6. The third kappa shape index (κ3) is 5.38. The summed E-state index contributed by atoms with van der Waals surface area (Å²) in [7, 11) is -3.43. The van der Waals surface area contributed by atoms with Crippen LogP contribution in [0.15, 0.2) is 41.7 Å². The Balaban J connectivity index is 1.83. The van der Waals surface area contributed by atoms with Gasteiger partial charge in [0.2, 0.25) is 15.0 Å². The van der Waals surface area contributed by atoms with Gasteiger partial charge in [0.1, 0.15) is 0 Å². The summed E-state index contributed by atoms with van der Waals surface area (Å²) in [5.41, 5.74) is 1.95. The molecule has 0 spiro atoms. The number of sulfone groups is 1. The Morgan fingerprint density at radius 2 is 2.07 bits per heavy atom. The van der Waals surface area contributed by atoms with Gasteiger partial charge in [-0.3, -0.25) is 4.90 Å². The standard InChI is InChI=1S/C19H27N3O4S/c1-27(24,25)19-20-12-17(22(19)15-18-8-5-11-26-18)14-21(9-10-23)13-16-6-3-2-4-7-16/h2-4,6-7,12,18,23H,5,8-11,13-15H2,1H3/t18-/m1/s1. The second kappa shape index (κ2) is 8.97. The fourth-order valence-corrected chi connectivity index (χ4v) is 4.26. The molecule has 0 bridgehead atoms. The van der Waals surface area contributed by atoms with E-state index in [0.717, 1.165) is 24.1 Å². The lowest BCUT2D eigenvalue weighted by Crippen LogP contribution is -2.28. The predicted octanol–water partition coefficient (Wildman–Crippen LogP) is 1.46. The smallest absolute Gasteiger partial charge is 0.227 e. The molecule has 2 aromatic rings. The highest BCUT2D eigenvalue weighted by Gasteiger charge is 2.24. The molecule has 1 aliphatic rings. The van der Waals surface area contributed by atoms with Crippen molar-refractivity contribution in [2.24, 2.45) is 0 Å². The Morgan fingerprint density at radius 3 is 2.70 bits per heavy atom. The van der Waals surface area contributed by atoms with E-state index in [1.54, 1.807) is 10.8 Å². The highest BCUT2D eigenvalue weighted by atomic mass is 32.2. The largest absolute Gasteiger partial charge is 0.395 e. The summed E-state index contributed by atoms with van der Waals surface area (Å²) in [4.78, 5) is 6.27. The summed E-state index contributed by atoms with van der Waals surface area (Å²) in [5, 5.41) is 9.53. The van der Waals surface area contributed by atoms with Crippen LogP contribution >= 0.6 is 0 Å². The third-order valence-corrected chi connectivity index (χ3v) is 5.68. The number of nitrogens with zero attached hydrogens (tertiary/aromatic N) is 3. The van der Waals surface area contributed by atoms with Crippen LogP contribution in [-0.4, -0.2) is 60.1 Å². The van der Waals surface area contributed by atoms with Gasteiger partial charge < -0.3 is 14.4 Å². The normalized spacial score (nSPS) is 17.7. The van der Waals surface area contributed by atoms with Gasteiger partial charge in [0.05, 0.1) is 31.1 Å². The van der Waals surface area contributed by atoms with Gasteiger partial charge in [-0.05, 0) is 18.4 Å². The van der Waals surface area contributed by atoms with Crippen molar-refractivity contribution in [1.82, 2.24) is 14.5 Å². The second-order valence-corrected chi connectivity index (χ2v) is 8.88. The van der Waals surface area contributed by atoms with Gasteiger partial charge >= 0.3 is 0 Å². The van der Waals surface area contributed by atoms with Gasteiger partial charge in [-0.2, -0.15) is 0 Å². The molecule has 7 nitrogen and oxygen atoms in total. The second-order valence-electron chi connectivity index (χ2n) is 6.97. The van der Waals surface area contributed by atoms with Crippen LogP contribution in [0.5, 0.6) is 0 Å². The first-order chi connectivity index (χ1) is 13.0. The van der Waals surface area contributed by atoms with E-state index < -0.39 is 9.84 Å². The molecule has 1 aliphatic heterocycles. The number of ether oxygens (including phenoxy) is 1. The Kier molecular flexibility index (Phi) is 6.64. The van der Waals surface area contributed by atoms with Crippen molar-refractivity contribution in [3.05, 3.63) is 47.8 Å². The Morgan fingerprint density at radius 1 is 1.30 bits per heavy atom. The number of rotatable bonds is 9. The minimum absolute atomic E-state index is 0.0128. The molecule has 1 aromatic carbocycles. The number of hydrogen-bond acceptors (Lipinski definition) is 6. The Labute approximate surface area is 160 Å². The van der Waals surface area contributed by atoms with E-state index in [2.05, 4.69) is 9.88 Å². The molecule has 3 rings (SSSR count). The van der Waals surface area contributed by atoms with Crippen molar-refractivity contribution in [3.8, 4) is 0 Å². The van der Waals surface area contributed by atoms with Gasteiger partial charge in [0, 0.05) is 32.5 Å². The van der Waals surface area contributed by atoms with E-state index in [1.807, 2.05) is 30.3 Å². The molecule has 0 saturated carbocycles.